The molecule has 4 N–H and O–H groups in total. The van der Waals surface area contributed by atoms with Crippen molar-refractivity contribution in [1.29, 1.82) is 0 Å². The third kappa shape index (κ3) is 2.65. The standard InChI is InChI=1S/C22H20N2O2S.ClH/c23-12-22(9-1-10-22)14-4-2-13(3-5-14)18-17(25)7-6-16-19(18)15-8-11-27-20(15)21(26)24-16;/h2-8,11,25H,1,9-10,12,23H2,(H,24,26);1H. The summed E-state index contributed by atoms with van der Waals surface area (Å²) in [6, 6.07) is 13.7. The number of hydrogen-bond acceptors (Lipinski definition) is 4. The second-order valence-corrected chi connectivity index (χ2v) is 8.33. The topological polar surface area (TPSA) is 79.1 Å². The molecular weight excluding hydrogens is 392 g/mol. The molecule has 0 atom stereocenters. The lowest BCUT2D eigenvalue weighted by atomic mass is 9.64. The Bertz CT molecular complexity index is 1220. The van der Waals surface area contributed by atoms with Crippen LogP contribution in [0.4, 0.5) is 0 Å². The highest BCUT2D eigenvalue weighted by Gasteiger charge is 2.37. The van der Waals surface area contributed by atoms with Gasteiger partial charge in [0.25, 0.3) is 5.56 Å². The number of nitrogens with two attached hydrogens (primary N) is 1. The van der Waals surface area contributed by atoms with E-state index < -0.39 is 0 Å². The highest BCUT2D eigenvalue weighted by Crippen LogP contribution is 2.44. The maximum Gasteiger partial charge on any atom is 0.266 e. The van der Waals surface area contributed by atoms with E-state index in [1.54, 1.807) is 12.1 Å². The molecule has 0 unspecified atom stereocenters. The second-order valence-electron chi connectivity index (χ2n) is 7.42. The molecule has 28 heavy (non-hydrogen) atoms. The summed E-state index contributed by atoms with van der Waals surface area (Å²) in [5.74, 6) is 0.215. The predicted octanol–water partition coefficient (Wildman–Crippen LogP) is 4.92. The highest BCUT2D eigenvalue weighted by molar-refractivity contribution is 7.17. The molecule has 1 saturated carbocycles. The zero-order chi connectivity index (χ0) is 18.6. The van der Waals surface area contributed by atoms with Crippen LogP contribution in [-0.4, -0.2) is 16.6 Å². The molecule has 0 saturated heterocycles. The smallest absolute Gasteiger partial charge is 0.266 e. The van der Waals surface area contributed by atoms with E-state index in [0.717, 1.165) is 40.3 Å². The first kappa shape index (κ1) is 19.0. The third-order valence-corrected chi connectivity index (χ3v) is 6.97. The van der Waals surface area contributed by atoms with Crippen molar-refractivity contribution < 1.29 is 5.11 Å². The van der Waals surface area contributed by atoms with E-state index in [1.807, 2.05) is 11.4 Å². The second kappa shape index (κ2) is 6.92. The fourth-order valence-electron chi connectivity index (χ4n) is 4.33. The number of nitrogens with one attached hydrogen (secondary N) is 1. The molecule has 1 fully saturated rings. The molecule has 0 aliphatic heterocycles. The quantitative estimate of drug-likeness (QED) is 0.447. The zero-order valence-electron chi connectivity index (χ0n) is 15.2. The average Bonchev–Trinajstić information content (AvgIpc) is 3.13. The zero-order valence-corrected chi connectivity index (χ0v) is 16.8. The van der Waals surface area contributed by atoms with Crippen molar-refractivity contribution in [1.82, 2.24) is 4.98 Å². The normalized spacial score (nSPS) is 15.3. The van der Waals surface area contributed by atoms with E-state index in [4.69, 9.17) is 5.73 Å². The Hall–Kier alpha value is -2.34. The number of hydrogen-bond donors (Lipinski definition) is 3. The molecule has 6 heteroatoms. The Kier molecular flexibility index (Phi) is 4.70. The van der Waals surface area contributed by atoms with Gasteiger partial charge in [-0.2, -0.15) is 0 Å². The van der Waals surface area contributed by atoms with Crippen LogP contribution in [0.1, 0.15) is 24.8 Å². The van der Waals surface area contributed by atoms with E-state index in [2.05, 4.69) is 29.2 Å². The van der Waals surface area contributed by atoms with Crippen molar-refractivity contribution in [2.45, 2.75) is 24.7 Å². The summed E-state index contributed by atoms with van der Waals surface area (Å²) in [5.41, 5.74) is 9.77. The molecule has 5 rings (SSSR count). The summed E-state index contributed by atoms with van der Waals surface area (Å²) >= 11 is 1.42. The molecule has 4 aromatic rings. The Morgan fingerprint density at radius 1 is 1.11 bits per heavy atom. The van der Waals surface area contributed by atoms with Gasteiger partial charge in [-0.3, -0.25) is 4.79 Å². The number of thiophene rings is 1. The van der Waals surface area contributed by atoms with Crippen LogP contribution in [0, 0.1) is 0 Å². The van der Waals surface area contributed by atoms with Gasteiger partial charge in [0.05, 0.1) is 0 Å². The molecule has 4 nitrogen and oxygen atoms in total. The Morgan fingerprint density at radius 3 is 2.50 bits per heavy atom. The first-order valence-electron chi connectivity index (χ1n) is 9.19. The Labute approximate surface area is 172 Å². The number of halogens is 1. The van der Waals surface area contributed by atoms with Crippen LogP contribution in [0.3, 0.4) is 0 Å². The van der Waals surface area contributed by atoms with E-state index in [0.29, 0.717) is 11.2 Å². The number of pyridine rings is 1. The highest BCUT2D eigenvalue weighted by atomic mass is 35.5. The van der Waals surface area contributed by atoms with Gasteiger partial charge in [-0.05, 0) is 47.5 Å². The largest absolute Gasteiger partial charge is 0.507 e. The van der Waals surface area contributed by atoms with E-state index >= 15 is 0 Å². The summed E-state index contributed by atoms with van der Waals surface area (Å²) in [6.07, 6.45) is 3.50. The summed E-state index contributed by atoms with van der Waals surface area (Å²) in [6.45, 7) is 0.669. The van der Waals surface area contributed by atoms with Gasteiger partial charge in [0.1, 0.15) is 10.4 Å². The van der Waals surface area contributed by atoms with Gasteiger partial charge >= 0.3 is 0 Å². The molecule has 144 valence electrons. The average molecular weight is 413 g/mol. The maximum absolute atomic E-state index is 12.3. The number of phenols is 1. The van der Waals surface area contributed by atoms with Crippen LogP contribution in [0.2, 0.25) is 0 Å². The van der Waals surface area contributed by atoms with Gasteiger partial charge in [0.2, 0.25) is 0 Å². The van der Waals surface area contributed by atoms with Gasteiger partial charge in [-0.25, -0.2) is 0 Å². The lowest BCUT2D eigenvalue weighted by Gasteiger charge is -2.41. The number of aromatic nitrogens is 1. The van der Waals surface area contributed by atoms with Gasteiger partial charge in [-0.15, -0.1) is 23.7 Å². The monoisotopic (exact) mass is 412 g/mol. The Balaban J connectivity index is 0.00000192. The number of phenolic OH excluding ortho intramolecular Hbond substituents is 1. The molecule has 1 aliphatic carbocycles. The summed E-state index contributed by atoms with van der Waals surface area (Å²) < 4.78 is 0.683. The van der Waals surface area contributed by atoms with Crippen LogP contribution in [0.5, 0.6) is 5.75 Å². The van der Waals surface area contributed by atoms with Crippen LogP contribution in [0.15, 0.2) is 52.6 Å². The Morgan fingerprint density at radius 2 is 1.86 bits per heavy atom. The van der Waals surface area contributed by atoms with Crippen molar-refractivity contribution in [3.05, 3.63) is 63.8 Å². The molecular formula is C22H21ClN2O2S. The number of H-pyrrole nitrogens is 1. The van der Waals surface area contributed by atoms with E-state index in [1.165, 1.54) is 23.3 Å². The van der Waals surface area contributed by atoms with Crippen LogP contribution in [0.25, 0.3) is 32.1 Å². The van der Waals surface area contributed by atoms with Crippen molar-refractivity contribution in [3.8, 4) is 16.9 Å². The third-order valence-electron chi connectivity index (χ3n) is 6.06. The van der Waals surface area contributed by atoms with Gasteiger partial charge in [0, 0.05) is 33.8 Å². The maximum atomic E-state index is 12.3. The van der Waals surface area contributed by atoms with Crippen molar-refractivity contribution in [2.24, 2.45) is 5.73 Å². The van der Waals surface area contributed by atoms with Gasteiger partial charge in [0.15, 0.2) is 0 Å². The summed E-state index contributed by atoms with van der Waals surface area (Å²) in [7, 11) is 0. The van der Waals surface area contributed by atoms with Crippen LogP contribution in [-0.2, 0) is 5.41 Å². The minimum Gasteiger partial charge on any atom is -0.507 e. The van der Waals surface area contributed by atoms with Gasteiger partial charge in [-0.1, -0.05) is 30.7 Å². The molecule has 0 radical (unpaired) electrons. The fourth-order valence-corrected chi connectivity index (χ4v) is 5.13. The predicted molar refractivity (Wildman–Crippen MR) is 119 cm³/mol. The first-order chi connectivity index (χ1) is 13.1. The lowest BCUT2D eigenvalue weighted by molar-refractivity contribution is 0.253. The number of aromatic hydroxyl groups is 1. The van der Waals surface area contributed by atoms with Crippen molar-refractivity contribution in [2.75, 3.05) is 6.54 Å². The van der Waals surface area contributed by atoms with Crippen LogP contribution < -0.4 is 11.3 Å². The number of aromatic amines is 1. The molecule has 0 bridgehead atoms. The number of benzene rings is 2. The van der Waals surface area contributed by atoms with Crippen LogP contribution >= 0.6 is 23.7 Å². The molecule has 2 aromatic carbocycles. The van der Waals surface area contributed by atoms with E-state index in [-0.39, 0.29) is 29.1 Å². The summed E-state index contributed by atoms with van der Waals surface area (Å²) in [5, 5.41) is 14.3. The fraction of sp³-hybridized carbons (Fsp3) is 0.227. The minimum absolute atomic E-state index is 0. The van der Waals surface area contributed by atoms with E-state index in [9.17, 15) is 9.90 Å². The molecule has 2 heterocycles. The lowest BCUT2D eigenvalue weighted by Crippen LogP contribution is -2.41. The van der Waals surface area contributed by atoms with Crippen molar-refractivity contribution >= 4 is 44.7 Å². The summed E-state index contributed by atoms with van der Waals surface area (Å²) in [4.78, 5) is 15.2. The first-order valence-corrected chi connectivity index (χ1v) is 10.1. The number of rotatable bonds is 3. The van der Waals surface area contributed by atoms with Gasteiger partial charge < -0.3 is 15.8 Å². The molecule has 0 spiro atoms. The SMILES string of the molecule is Cl.NCC1(c2ccc(-c3c(O)ccc4[nH]c(=O)c5sccc5c34)cc2)CCC1. The van der Waals surface area contributed by atoms with Crippen molar-refractivity contribution in [3.63, 3.8) is 0 Å². The number of fused-ring (bicyclic) bond motifs is 3. The molecule has 0 amide bonds. The molecule has 1 aliphatic rings. The molecule has 2 aromatic heterocycles. The minimum atomic E-state index is -0.0886.